The fourth-order valence-corrected chi connectivity index (χ4v) is 10.1. The van der Waals surface area contributed by atoms with Crippen molar-refractivity contribution >= 4 is 66.8 Å². The summed E-state index contributed by atoms with van der Waals surface area (Å²) in [7, 11) is 0. The van der Waals surface area contributed by atoms with Gasteiger partial charge < -0.3 is 13.9 Å². The highest BCUT2D eigenvalue weighted by atomic mass is 16.3. The van der Waals surface area contributed by atoms with E-state index in [1.807, 2.05) is 6.07 Å². The van der Waals surface area contributed by atoms with Gasteiger partial charge in [0.15, 0.2) is 0 Å². The first kappa shape index (κ1) is 36.0. The van der Waals surface area contributed by atoms with Crippen molar-refractivity contribution in [1.29, 1.82) is 0 Å². The van der Waals surface area contributed by atoms with Crippen LogP contribution in [0.2, 0.25) is 0 Å². The van der Waals surface area contributed by atoms with Gasteiger partial charge in [-0.15, -0.1) is 0 Å². The molecule has 0 saturated heterocycles. The van der Waals surface area contributed by atoms with E-state index < -0.39 is 0 Å². The zero-order chi connectivity index (χ0) is 41.1. The van der Waals surface area contributed by atoms with Crippen LogP contribution in [-0.4, -0.2) is 4.57 Å². The van der Waals surface area contributed by atoms with E-state index in [4.69, 9.17) is 4.42 Å². The maximum atomic E-state index is 6.38. The number of para-hydroxylation sites is 4. The Morgan fingerprint density at radius 2 is 1.15 bits per heavy atom. The number of fused-ring (bicyclic) bond motifs is 7. The highest BCUT2D eigenvalue weighted by molar-refractivity contribution is 6.10. The minimum absolute atomic E-state index is 0.418. The normalized spacial score (nSPS) is 13.6. The number of allylic oxidation sites excluding steroid dienone is 1. The quantitative estimate of drug-likeness (QED) is 0.160. The smallest absolute Gasteiger partial charge is 0.135 e. The molecular weight excluding hydrogens is 753 g/mol. The van der Waals surface area contributed by atoms with Gasteiger partial charge in [-0.25, -0.2) is 0 Å². The highest BCUT2D eigenvalue weighted by Gasteiger charge is 2.26. The Labute approximate surface area is 361 Å². The van der Waals surface area contributed by atoms with E-state index in [0.29, 0.717) is 5.92 Å². The standard InChI is InChI=1S/C59H42N2O/c1-39-17-12-33-54-57(39)51-31-16-29-47(59(51)61(54)43-23-6-3-7-24-43)42-22-13-25-44(37-42)60(45-35-36-56-52(38-45)49-27-9-11-34-55(49)62-56)53-32-10-8-26-48(53)50-30-15-21-41-20-14-28-46(58(41)50)40-18-4-2-5-19-40/h2-16,18-39H,17H2,1H3. The maximum Gasteiger partial charge on any atom is 0.135 e. The van der Waals surface area contributed by atoms with Crippen molar-refractivity contribution in [2.75, 3.05) is 4.90 Å². The van der Waals surface area contributed by atoms with E-state index in [2.05, 4.69) is 229 Å². The lowest BCUT2D eigenvalue weighted by Crippen LogP contribution is -2.11. The predicted octanol–water partition coefficient (Wildman–Crippen LogP) is 16.7. The molecule has 1 atom stereocenters. The molecule has 1 aliphatic rings. The molecule has 0 spiro atoms. The molecule has 0 saturated carbocycles. The number of nitrogens with zero attached hydrogens (tertiary/aromatic N) is 2. The lowest BCUT2D eigenvalue weighted by Gasteiger charge is -2.29. The van der Waals surface area contributed by atoms with E-state index in [9.17, 15) is 0 Å². The summed E-state index contributed by atoms with van der Waals surface area (Å²) >= 11 is 0. The average Bonchev–Trinajstić information content (AvgIpc) is 3.88. The van der Waals surface area contributed by atoms with Crippen LogP contribution in [0.3, 0.4) is 0 Å². The monoisotopic (exact) mass is 794 g/mol. The van der Waals surface area contributed by atoms with Crippen LogP contribution < -0.4 is 4.90 Å². The zero-order valence-electron chi connectivity index (χ0n) is 34.4. The first-order chi connectivity index (χ1) is 30.7. The number of aromatic nitrogens is 1. The van der Waals surface area contributed by atoms with Crippen molar-refractivity contribution in [2.24, 2.45) is 0 Å². The van der Waals surface area contributed by atoms with Crippen LogP contribution in [0.25, 0.3) is 88.8 Å². The Bertz CT molecular complexity index is 3510. The van der Waals surface area contributed by atoms with Crippen LogP contribution in [0, 0.1) is 0 Å². The van der Waals surface area contributed by atoms with Crippen LogP contribution in [-0.2, 0) is 0 Å². The summed E-state index contributed by atoms with van der Waals surface area (Å²) in [6.07, 6.45) is 5.70. The number of benzene rings is 9. The first-order valence-electron chi connectivity index (χ1n) is 21.6. The zero-order valence-corrected chi connectivity index (χ0v) is 34.4. The Morgan fingerprint density at radius 3 is 2.02 bits per heavy atom. The topological polar surface area (TPSA) is 21.3 Å². The second kappa shape index (κ2) is 14.7. The van der Waals surface area contributed by atoms with Gasteiger partial charge in [0.05, 0.1) is 16.9 Å². The lowest BCUT2D eigenvalue weighted by atomic mass is 9.90. The summed E-state index contributed by atoms with van der Waals surface area (Å²) in [5.41, 5.74) is 17.2. The molecule has 2 aromatic heterocycles. The van der Waals surface area contributed by atoms with E-state index in [0.717, 1.165) is 56.5 Å². The van der Waals surface area contributed by atoms with Crippen molar-refractivity contribution in [3.63, 3.8) is 0 Å². The summed E-state index contributed by atoms with van der Waals surface area (Å²) in [6, 6.07) is 74.8. The Balaban J connectivity index is 1.11. The molecule has 0 N–H and O–H groups in total. The SMILES string of the molecule is CC1CC=Cc2c1c1cccc(-c3cccc(N(c4ccc5oc6ccccc6c5c4)c4ccccc4-c4cccc5cccc(-c6ccccc6)c45)c3)c1n2-c1ccccc1. The largest absolute Gasteiger partial charge is 0.456 e. The van der Waals surface area contributed by atoms with Crippen molar-refractivity contribution in [2.45, 2.75) is 19.3 Å². The number of furan rings is 1. The Kier molecular flexibility index (Phi) is 8.53. The van der Waals surface area contributed by atoms with Crippen LogP contribution in [0.4, 0.5) is 17.1 Å². The molecule has 12 rings (SSSR count). The third-order valence-electron chi connectivity index (χ3n) is 12.8. The minimum Gasteiger partial charge on any atom is -0.456 e. The van der Waals surface area contributed by atoms with Crippen molar-refractivity contribution in [3.8, 4) is 39.1 Å². The van der Waals surface area contributed by atoms with Gasteiger partial charge >= 0.3 is 0 Å². The van der Waals surface area contributed by atoms with Crippen LogP contribution >= 0.6 is 0 Å². The van der Waals surface area contributed by atoms with E-state index in [-0.39, 0.29) is 0 Å². The van der Waals surface area contributed by atoms with E-state index in [1.165, 1.54) is 60.9 Å². The van der Waals surface area contributed by atoms with E-state index >= 15 is 0 Å². The first-order valence-corrected chi connectivity index (χ1v) is 21.6. The number of anilines is 3. The molecule has 1 aliphatic carbocycles. The fourth-order valence-electron chi connectivity index (χ4n) is 10.1. The molecule has 0 amide bonds. The van der Waals surface area contributed by atoms with Gasteiger partial charge in [-0.2, -0.15) is 0 Å². The second-order valence-electron chi connectivity index (χ2n) is 16.5. The molecule has 3 heteroatoms. The van der Waals surface area contributed by atoms with Crippen molar-refractivity contribution in [1.82, 2.24) is 4.57 Å². The second-order valence-corrected chi connectivity index (χ2v) is 16.5. The molecule has 3 nitrogen and oxygen atoms in total. The van der Waals surface area contributed by atoms with Gasteiger partial charge in [-0.05, 0) is 112 Å². The van der Waals surface area contributed by atoms with Crippen LogP contribution in [0.15, 0.2) is 217 Å². The van der Waals surface area contributed by atoms with Gasteiger partial charge in [0, 0.05) is 44.3 Å². The fraction of sp³-hybridized carbons (Fsp3) is 0.0508. The molecule has 294 valence electrons. The van der Waals surface area contributed by atoms with Gasteiger partial charge in [-0.1, -0.05) is 165 Å². The molecule has 2 heterocycles. The molecular formula is C59H42N2O. The number of hydrogen-bond donors (Lipinski definition) is 0. The molecule has 11 aromatic rings. The lowest BCUT2D eigenvalue weighted by molar-refractivity contribution is 0.669. The predicted molar refractivity (Wildman–Crippen MR) is 261 cm³/mol. The minimum atomic E-state index is 0.418. The summed E-state index contributed by atoms with van der Waals surface area (Å²) in [6.45, 7) is 2.36. The maximum absolute atomic E-state index is 6.38. The van der Waals surface area contributed by atoms with Gasteiger partial charge in [0.25, 0.3) is 0 Å². The summed E-state index contributed by atoms with van der Waals surface area (Å²) < 4.78 is 8.86. The van der Waals surface area contributed by atoms with E-state index in [1.54, 1.807) is 0 Å². The molecule has 1 unspecified atom stereocenters. The third-order valence-corrected chi connectivity index (χ3v) is 12.8. The molecule has 0 bridgehead atoms. The molecule has 0 aliphatic heterocycles. The van der Waals surface area contributed by atoms with Crippen LogP contribution in [0.5, 0.6) is 0 Å². The highest BCUT2D eigenvalue weighted by Crippen LogP contribution is 2.48. The van der Waals surface area contributed by atoms with Gasteiger partial charge in [-0.3, -0.25) is 0 Å². The number of rotatable bonds is 7. The summed E-state index contributed by atoms with van der Waals surface area (Å²) in [5, 5.41) is 5.95. The molecule has 0 fully saturated rings. The van der Waals surface area contributed by atoms with Gasteiger partial charge in [0.1, 0.15) is 11.2 Å². The van der Waals surface area contributed by atoms with Crippen molar-refractivity contribution < 1.29 is 4.42 Å². The van der Waals surface area contributed by atoms with Crippen LogP contribution in [0.1, 0.15) is 30.5 Å². The Hall–Kier alpha value is -7.88. The van der Waals surface area contributed by atoms with Gasteiger partial charge in [0.2, 0.25) is 0 Å². The molecule has 62 heavy (non-hydrogen) atoms. The summed E-state index contributed by atoms with van der Waals surface area (Å²) in [5.74, 6) is 0.418. The number of hydrogen-bond acceptors (Lipinski definition) is 2. The average molecular weight is 795 g/mol. The molecule has 9 aromatic carbocycles. The van der Waals surface area contributed by atoms with Crippen molar-refractivity contribution in [3.05, 3.63) is 224 Å². The Morgan fingerprint density at radius 1 is 0.500 bits per heavy atom. The third kappa shape index (κ3) is 5.81. The summed E-state index contributed by atoms with van der Waals surface area (Å²) in [4.78, 5) is 2.44. The molecule has 0 radical (unpaired) electrons.